The van der Waals surface area contributed by atoms with Gasteiger partial charge in [0.15, 0.2) is 0 Å². The summed E-state index contributed by atoms with van der Waals surface area (Å²) in [6.45, 7) is 3.43. The normalized spacial score (nSPS) is 21.0. The first kappa shape index (κ1) is 13.3. The summed E-state index contributed by atoms with van der Waals surface area (Å²) in [6, 6.07) is 0.768. The van der Waals surface area contributed by atoms with Crippen LogP contribution >= 0.6 is 11.8 Å². The molecule has 1 saturated heterocycles. The minimum Gasteiger partial charge on any atom is -0.382 e. The SMILES string of the molecule is COCCOCCCCNC1CCSC1. The number of methoxy groups -OCH3 is 1. The molecule has 0 amide bonds. The van der Waals surface area contributed by atoms with Crippen LogP contribution in [-0.4, -0.2) is 51.0 Å². The molecular weight excluding hydrogens is 210 g/mol. The van der Waals surface area contributed by atoms with E-state index in [0.717, 1.165) is 32.2 Å². The molecule has 15 heavy (non-hydrogen) atoms. The van der Waals surface area contributed by atoms with Crippen LogP contribution in [-0.2, 0) is 9.47 Å². The zero-order valence-corrected chi connectivity index (χ0v) is 10.5. The zero-order chi connectivity index (χ0) is 10.8. The van der Waals surface area contributed by atoms with Crippen molar-refractivity contribution < 1.29 is 9.47 Å². The molecule has 0 aromatic heterocycles. The van der Waals surface area contributed by atoms with Gasteiger partial charge in [-0.2, -0.15) is 11.8 Å². The van der Waals surface area contributed by atoms with Crippen LogP contribution in [0.2, 0.25) is 0 Å². The number of nitrogens with one attached hydrogen (secondary N) is 1. The fourth-order valence-electron chi connectivity index (χ4n) is 1.58. The number of hydrogen-bond donors (Lipinski definition) is 1. The lowest BCUT2D eigenvalue weighted by Crippen LogP contribution is -2.29. The van der Waals surface area contributed by atoms with E-state index in [-0.39, 0.29) is 0 Å². The average molecular weight is 233 g/mol. The summed E-state index contributed by atoms with van der Waals surface area (Å²) in [5, 5.41) is 3.58. The van der Waals surface area contributed by atoms with Crippen molar-refractivity contribution in [2.24, 2.45) is 0 Å². The highest BCUT2D eigenvalue weighted by atomic mass is 32.2. The second-order valence-electron chi connectivity index (χ2n) is 3.83. The van der Waals surface area contributed by atoms with Gasteiger partial charge in [-0.15, -0.1) is 0 Å². The van der Waals surface area contributed by atoms with Crippen LogP contribution in [0.25, 0.3) is 0 Å². The summed E-state index contributed by atoms with van der Waals surface area (Å²) in [5.41, 5.74) is 0. The van der Waals surface area contributed by atoms with E-state index in [2.05, 4.69) is 17.1 Å². The Morgan fingerprint density at radius 3 is 2.93 bits per heavy atom. The second-order valence-corrected chi connectivity index (χ2v) is 4.98. The summed E-state index contributed by atoms with van der Waals surface area (Å²) in [5.74, 6) is 2.63. The topological polar surface area (TPSA) is 30.5 Å². The van der Waals surface area contributed by atoms with Crippen molar-refractivity contribution in [2.45, 2.75) is 25.3 Å². The highest BCUT2D eigenvalue weighted by Crippen LogP contribution is 2.16. The summed E-state index contributed by atoms with van der Waals surface area (Å²) >= 11 is 2.06. The Balaban J connectivity index is 1.73. The van der Waals surface area contributed by atoms with Gasteiger partial charge in [-0.25, -0.2) is 0 Å². The van der Waals surface area contributed by atoms with E-state index in [1.165, 1.54) is 24.3 Å². The first-order chi connectivity index (χ1) is 7.43. The minimum atomic E-state index is 0.706. The van der Waals surface area contributed by atoms with E-state index in [1.807, 2.05) is 0 Å². The molecule has 0 aromatic rings. The first-order valence-corrected chi connectivity index (χ1v) is 6.97. The van der Waals surface area contributed by atoms with Gasteiger partial charge in [-0.1, -0.05) is 0 Å². The first-order valence-electron chi connectivity index (χ1n) is 5.81. The van der Waals surface area contributed by atoms with Crippen LogP contribution in [0.1, 0.15) is 19.3 Å². The lowest BCUT2D eigenvalue weighted by Gasteiger charge is -2.10. The van der Waals surface area contributed by atoms with E-state index in [9.17, 15) is 0 Å². The molecule has 1 aliphatic heterocycles. The molecule has 1 fully saturated rings. The van der Waals surface area contributed by atoms with Gasteiger partial charge < -0.3 is 14.8 Å². The Labute approximate surface area is 97.3 Å². The van der Waals surface area contributed by atoms with Crippen molar-refractivity contribution in [1.82, 2.24) is 5.32 Å². The predicted octanol–water partition coefficient (Wildman–Crippen LogP) is 1.52. The minimum absolute atomic E-state index is 0.706. The maximum Gasteiger partial charge on any atom is 0.0700 e. The summed E-state index contributed by atoms with van der Waals surface area (Å²) in [7, 11) is 1.70. The molecule has 0 saturated carbocycles. The predicted molar refractivity (Wildman–Crippen MR) is 65.7 cm³/mol. The van der Waals surface area contributed by atoms with Gasteiger partial charge in [-0.05, 0) is 31.6 Å². The zero-order valence-electron chi connectivity index (χ0n) is 9.67. The molecule has 1 heterocycles. The van der Waals surface area contributed by atoms with E-state index >= 15 is 0 Å². The molecule has 0 bridgehead atoms. The van der Waals surface area contributed by atoms with Gasteiger partial charge >= 0.3 is 0 Å². The van der Waals surface area contributed by atoms with Crippen LogP contribution in [0.15, 0.2) is 0 Å². The van der Waals surface area contributed by atoms with Gasteiger partial charge in [0, 0.05) is 25.5 Å². The summed E-state index contributed by atoms with van der Waals surface area (Å²) in [4.78, 5) is 0. The maximum absolute atomic E-state index is 5.39. The number of thioether (sulfide) groups is 1. The number of unbranched alkanes of at least 4 members (excludes halogenated alkanes) is 1. The van der Waals surface area contributed by atoms with Crippen LogP contribution in [0.3, 0.4) is 0 Å². The highest BCUT2D eigenvalue weighted by molar-refractivity contribution is 7.99. The molecular formula is C11H23NO2S. The lowest BCUT2D eigenvalue weighted by molar-refractivity contribution is 0.0687. The van der Waals surface area contributed by atoms with E-state index in [1.54, 1.807) is 7.11 Å². The fourth-order valence-corrected chi connectivity index (χ4v) is 2.76. The van der Waals surface area contributed by atoms with Crippen LogP contribution in [0.5, 0.6) is 0 Å². The molecule has 0 spiro atoms. The summed E-state index contributed by atoms with van der Waals surface area (Å²) in [6.07, 6.45) is 3.71. The fraction of sp³-hybridized carbons (Fsp3) is 1.00. The van der Waals surface area contributed by atoms with Crippen molar-refractivity contribution >= 4 is 11.8 Å². The van der Waals surface area contributed by atoms with Crippen molar-refractivity contribution in [3.8, 4) is 0 Å². The third-order valence-electron chi connectivity index (χ3n) is 2.51. The molecule has 0 radical (unpaired) electrons. The highest BCUT2D eigenvalue weighted by Gasteiger charge is 2.13. The van der Waals surface area contributed by atoms with Crippen LogP contribution in [0, 0.1) is 0 Å². The molecule has 1 atom stereocenters. The molecule has 1 unspecified atom stereocenters. The maximum atomic E-state index is 5.39. The number of hydrogen-bond acceptors (Lipinski definition) is 4. The Kier molecular flexibility index (Phi) is 8.38. The smallest absolute Gasteiger partial charge is 0.0700 e. The standard InChI is InChI=1S/C11H23NO2S/c1-13-7-8-14-6-3-2-5-12-11-4-9-15-10-11/h11-12H,2-10H2,1H3. The van der Waals surface area contributed by atoms with Crippen LogP contribution < -0.4 is 5.32 Å². The van der Waals surface area contributed by atoms with Crippen LogP contribution in [0.4, 0.5) is 0 Å². The third-order valence-corrected chi connectivity index (χ3v) is 3.67. The van der Waals surface area contributed by atoms with Gasteiger partial charge in [0.25, 0.3) is 0 Å². The van der Waals surface area contributed by atoms with Gasteiger partial charge in [0.1, 0.15) is 0 Å². The summed E-state index contributed by atoms with van der Waals surface area (Å²) < 4.78 is 10.3. The second kappa shape index (κ2) is 9.46. The van der Waals surface area contributed by atoms with E-state index in [0.29, 0.717) is 6.61 Å². The van der Waals surface area contributed by atoms with Crippen molar-refractivity contribution in [1.29, 1.82) is 0 Å². The van der Waals surface area contributed by atoms with Gasteiger partial charge in [-0.3, -0.25) is 0 Å². The molecule has 0 aromatic carbocycles. The Bertz CT molecular complexity index is 141. The molecule has 3 nitrogen and oxygen atoms in total. The Morgan fingerprint density at radius 1 is 1.27 bits per heavy atom. The quantitative estimate of drug-likeness (QED) is 0.612. The average Bonchev–Trinajstić information content (AvgIpc) is 2.75. The van der Waals surface area contributed by atoms with Crippen molar-refractivity contribution in [2.75, 3.05) is 45.0 Å². The van der Waals surface area contributed by atoms with Crippen molar-refractivity contribution in [3.05, 3.63) is 0 Å². The van der Waals surface area contributed by atoms with Crippen molar-refractivity contribution in [3.63, 3.8) is 0 Å². The monoisotopic (exact) mass is 233 g/mol. The van der Waals surface area contributed by atoms with Gasteiger partial charge in [0.2, 0.25) is 0 Å². The van der Waals surface area contributed by atoms with E-state index in [4.69, 9.17) is 9.47 Å². The Morgan fingerprint density at radius 2 is 2.20 bits per heavy atom. The molecule has 1 N–H and O–H groups in total. The third kappa shape index (κ3) is 7.17. The molecule has 4 heteroatoms. The number of ether oxygens (including phenoxy) is 2. The molecule has 1 aliphatic rings. The Hall–Kier alpha value is 0.230. The number of rotatable bonds is 9. The largest absolute Gasteiger partial charge is 0.382 e. The van der Waals surface area contributed by atoms with E-state index < -0.39 is 0 Å². The molecule has 90 valence electrons. The molecule has 0 aliphatic carbocycles. The molecule has 1 rings (SSSR count). The van der Waals surface area contributed by atoms with Gasteiger partial charge in [0.05, 0.1) is 13.2 Å². The lowest BCUT2D eigenvalue weighted by atomic mass is 10.2.